The Hall–Kier alpha value is -2.33. The van der Waals surface area contributed by atoms with Crippen LogP contribution in [-0.4, -0.2) is 49.8 Å². The molecule has 0 aliphatic heterocycles. The molecule has 0 aliphatic rings. The summed E-state index contributed by atoms with van der Waals surface area (Å²) in [6.07, 6.45) is 1.84. The van der Waals surface area contributed by atoms with Gasteiger partial charge in [0, 0.05) is 39.2 Å². The van der Waals surface area contributed by atoms with Crippen LogP contribution in [0.1, 0.15) is 23.4 Å². The molecule has 2 aromatic carbocycles. The van der Waals surface area contributed by atoms with Gasteiger partial charge in [0.25, 0.3) is 0 Å². The van der Waals surface area contributed by atoms with E-state index in [1.54, 1.807) is 14.2 Å². The van der Waals surface area contributed by atoms with Crippen LogP contribution < -0.4 is 15.4 Å². The first-order valence-corrected chi connectivity index (χ1v) is 10.3. The highest BCUT2D eigenvalue weighted by molar-refractivity contribution is 14.0. The minimum Gasteiger partial charge on any atom is -0.491 e. The molecule has 3 N–H and O–H groups in total. The lowest BCUT2D eigenvalue weighted by molar-refractivity contribution is 0.145. The second kappa shape index (κ2) is 13.2. The SMILES string of the molecule is CN=C(NCCCc1nc2ccccc2[nH]1)NCc1ccc(C)cc1OCCOC.I. The highest BCUT2D eigenvalue weighted by Gasteiger charge is 2.07. The summed E-state index contributed by atoms with van der Waals surface area (Å²) in [5.41, 5.74) is 4.35. The maximum absolute atomic E-state index is 5.86. The smallest absolute Gasteiger partial charge is 0.191 e. The number of rotatable bonds is 10. The second-order valence-corrected chi connectivity index (χ2v) is 7.11. The number of methoxy groups -OCH3 is 1. The third-order valence-electron chi connectivity index (χ3n) is 4.76. The molecule has 0 radical (unpaired) electrons. The van der Waals surface area contributed by atoms with E-state index in [-0.39, 0.29) is 24.0 Å². The standard InChI is InChI=1S/C23H31N5O2.HI/c1-17-10-11-18(21(15-17)30-14-13-29-3)16-26-23(24-2)25-12-6-9-22-27-19-7-4-5-8-20(19)28-22;/h4-5,7-8,10-11,15H,6,9,12-14,16H2,1-3H3,(H,27,28)(H2,24,25,26);1H. The third kappa shape index (κ3) is 7.70. The number of aryl methyl sites for hydroxylation is 2. The number of halogens is 1. The molecule has 1 aromatic heterocycles. The van der Waals surface area contributed by atoms with Gasteiger partial charge in [-0.1, -0.05) is 24.3 Å². The van der Waals surface area contributed by atoms with Crippen molar-refractivity contribution in [2.75, 3.05) is 33.9 Å². The van der Waals surface area contributed by atoms with Crippen molar-refractivity contribution in [1.82, 2.24) is 20.6 Å². The van der Waals surface area contributed by atoms with Gasteiger partial charge in [-0.2, -0.15) is 0 Å². The molecule has 0 atom stereocenters. The molecule has 0 unspecified atom stereocenters. The number of aromatic amines is 1. The number of ether oxygens (including phenoxy) is 2. The highest BCUT2D eigenvalue weighted by atomic mass is 127. The summed E-state index contributed by atoms with van der Waals surface area (Å²) in [5.74, 6) is 2.65. The van der Waals surface area contributed by atoms with Crippen LogP contribution in [0.15, 0.2) is 47.5 Å². The number of benzene rings is 2. The maximum Gasteiger partial charge on any atom is 0.191 e. The molecule has 0 amide bonds. The van der Waals surface area contributed by atoms with Crippen LogP contribution >= 0.6 is 24.0 Å². The number of aliphatic imine (C=N–C) groups is 1. The summed E-state index contributed by atoms with van der Waals surface area (Å²) in [7, 11) is 3.45. The maximum atomic E-state index is 5.86. The zero-order valence-electron chi connectivity index (χ0n) is 18.4. The molecule has 0 spiro atoms. The highest BCUT2D eigenvalue weighted by Crippen LogP contribution is 2.20. The number of imidazole rings is 1. The molecule has 0 fully saturated rings. The van der Waals surface area contributed by atoms with Gasteiger partial charge in [0.1, 0.15) is 18.2 Å². The number of hydrogen-bond acceptors (Lipinski definition) is 4. The average Bonchev–Trinajstić information content (AvgIpc) is 3.17. The van der Waals surface area contributed by atoms with E-state index in [0.717, 1.165) is 53.5 Å². The minimum absolute atomic E-state index is 0. The Balaban J connectivity index is 0.00000341. The van der Waals surface area contributed by atoms with E-state index < -0.39 is 0 Å². The van der Waals surface area contributed by atoms with E-state index in [0.29, 0.717) is 19.8 Å². The number of nitrogens with zero attached hydrogens (tertiary/aromatic N) is 2. The lowest BCUT2D eigenvalue weighted by Gasteiger charge is -2.15. The van der Waals surface area contributed by atoms with Gasteiger partial charge in [0.15, 0.2) is 5.96 Å². The van der Waals surface area contributed by atoms with Gasteiger partial charge in [0.2, 0.25) is 0 Å². The number of aromatic nitrogens is 2. The molecule has 1 heterocycles. The summed E-state index contributed by atoms with van der Waals surface area (Å²) >= 11 is 0. The number of fused-ring (bicyclic) bond motifs is 1. The van der Waals surface area contributed by atoms with E-state index in [1.165, 1.54) is 5.56 Å². The number of hydrogen-bond donors (Lipinski definition) is 3. The molecule has 0 aliphatic carbocycles. The summed E-state index contributed by atoms with van der Waals surface area (Å²) in [5, 5.41) is 6.72. The summed E-state index contributed by atoms with van der Waals surface area (Å²) in [6.45, 7) is 4.59. The van der Waals surface area contributed by atoms with E-state index >= 15 is 0 Å². The molecule has 3 rings (SSSR count). The normalized spacial score (nSPS) is 11.3. The van der Waals surface area contributed by atoms with Gasteiger partial charge in [-0.05, 0) is 37.1 Å². The zero-order valence-corrected chi connectivity index (χ0v) is 20.7. The third-order valence-corrected chi connectivity index (χ3v) is 4.76. The predicted molar refractivity (Wildman–Crippen MR) is 137 cm³/mol. The summed E-state index contributed by atoms with van der Waals surface area (Å²) < 4.78 is 10.9. The Morgan fingerprint density at radius 3 is 2.74 bits per heavy atom. The summed E-state index contributed by atoms with van der Waals surface area (Å²) in [6, 6.07) is 14.3. The molecule has 168 valence electrons. The second-order valence-electron chi connectivity index (χ2n) is 7.11. The van der Waals surface area contributed by atoms with Gasteiger partial charge in [0.05, 0.1) is 17.6 Å². The number of H-pyrrole nitrogens is 1. The lowest BCUT2D eigenvalue weighted by Crippen LogP contribution is -2.37. The largest absolute Gasteiger partial charge is 0.491 e. The Morgan fingerprint density at radius 2 is 1.97 bits per heavy atom. The van der Waals surface area contributed by atoms with Gasteiger partial charge in [-0.25, -0.2) is 4.98 Å². The average molecular weight is 537 g/mol. The molecule has 7 nitrogen and oxygen atoms in total. The molecule has 0 saturated heterocycles. The van der Waals surface area contributed by atoms with Crippen LogP contribution in [0.4, 0.5) is 0 Å². The molecule has 0 bridgehead atoms. The van der Waals surface area contributed by atoms with E-state index in [1.807, 2.05) is 24.3 Å². The van der Waals surface area contributed by atoms with Crippen molar-refractivity contribution in [3.63, 3.8) is 0 Å². The van der Waals surface area contributed by atoms with E-state index in [9.17, 15) is 0 Å². The van der Waals surface area contributed by atoms with E-state index in [4.69, 9.17) is 9.47 Å². The molecular formula is C23H32IN5O2. The van der Waals surface area contributed by atoms with Crippen LogP contribution in [0.2, 0.25) is 0 Å². The topological polar surface area (TPSA) is 83.6 Å². The quantitative estimate of drug-likeness (QED) is 0.159. The van der Waals surface area contributed by atoms with Gasteiger partial charge >= 0.3 is 0 Å². The lowest BCUT2D eigenvalue weighted by atomic mass is 10.1. The Bertz CT molecular complexity index is 941. The van der Waals surface area contributed by atoms with Crippen molar-refractivity contribution in [3.8, 4) is 5.75 Å². The van der Waals surface area contributed by atoms with Crippen LogP contribution in [0.3, 0.4) is 0 Å². The fraction of sp³-hybridized carbons (Fsp3) is 0.391. The van der Waals surface area contributed by atoms with Crippen LogP contribution in [0, 0.1) is 6.92 Å². The predicted octanol–water partition coefficient (Wildman–Crippen LogP) is 3.81. The van der Waals surface area contributed by atoms with Crippen molar-refractivity contribution >= 4 is 41.0 Å². The fourth-order valence-corrected chi connectivity index (χ4v) is 3.16. The molecule has 31 heavy (non-hydrogen) atoms. The van der Waals surface area contributed by atoms with Gasteiger partial charge in [-0.3, -0.25) is 4.99 Å². The Labute approximate surface area is 201 Å². The van der Waals surface area contributed by atoms with Crippen LogP contribution in [0.25, 0.3) is 11.0 Å². The van der Waals surface area contributed by atoms with Crippen LogP contribution in [-0.2, 0) is 17.7 Å². The van der Waals surface area contributed by atoms with Gasteiger partial charge < -0.3 is 25.1 Å². The zero-order chi connectivity index (χ0) is 21.2. The first-order valence-electron chi connectivity index (χ1n) is 10.3. The molecular weight excluding hydrogens is 505 g/mol. The van der Waals surface area contributed by atoms with Crippen molar-refractivity contribution in [2.24, 2.45) is 4.99 Å². The van der Waals surface area contributed by atoms with Crippen molar-refractivity contribution in [3.05, 3.63) is 59.4 Å². The summed E-state index contributed by atoms with van der Waals surface area (Å²) in [4.78, 5) is 12.3. The van der Waals surface area contributed by atoms with Crippen molar-refractivity contribution in [1.29, 1.82) is 0 Å². The molecule has 0 saturated carbocycles. The Kier molecular flexibility index (Phi) is 10.6. The Morgan fingerprint density at radius 1 is 1.13 bits per heavy atom. The number of guanidine groups is 1. The van der Waals surface area contributed by atoms with Crippen LogP contribution in [0.5, 0.6) is 5.75 Å². The van der Waals surface area contributed by atoms with Crippen molar-refractivity contribution in [2.45, 2.75) is 26.3 Å². The van der Waals surface area contributed by atoms with E-state index in [2.05, 4.69) is 50.7 Å². The first kappa shape index (κ1) is 24.9. The molecule has 3 aromatic rings. The monoisotopic (exact) mass is 537 g/mol. The first-order chi connectivity index (χ1) is 14.7. The van der Waals surface area contributed by atoms with Gasteiger partial charge in [-0.15, -0.1) is 24.0 Å². The number of nitrogens with one attached hydrogen (secondary N) is 3. The fourth-order valence-electron chi connectivity index (χ4n) is 3.16. The molecule has 8 heteroatoms. The van der Waals surface area contributed by atoms with Crippen molar-refractivity contribution < 1.29 is 9.47 Å². The minimum atomic E-state index is 0. The number of para-hydroxylation sites is 2.